The van der Waals surface area contributed by atoms with E-state index in [2.05, 4.69) is 21.3 Å². The molecule has 248 valence electrons. The minimum atomic E-state index is -0.559. The van der Waals surface area contributed by atoms with Crippen molar-refractivity contribution in [3.8, 4) is 11.5 Å². The highest BCUT2D eigenvalue weighted by Gasteiger charge is 2.38. The minimum absolute atomic E-state index is 0.00939. The Labute approximate surface area is 276 Å². The number of anilines is 2. The summed E-state index contributed by atoms with van der Waals surface area (Å²) in [5, 5.41) is 52.6. The van der Waals surface area contributed by atoms with Gasteiger partial charge in [0.2, 0.25) is 23.1 Å². The predicted molar refractivity (Wildman–Crippen MR) is 182 cm³/mol. The number of aromatic hydroxyl groups is 2. The van der Waals surface area contributed by atoms with E-state index in [9.17, 15) is 29.4 Å². The van der Waals surface area contributed by atoms with Gasteiger partial charge in [-0.2, -0.15) is 0 Å². The number of rotatable bonds is 12. The summed E-state index contributed by atoms with van der Waals surface area (Å²) in [5.74, 6) is -2.72. The number of allylic oxidation sites excluding steroid dienone is 1. The molecular formula is C36H36N4O8. The van der Waals surface area contributed by atoms with Crippen molar-refractivity contribution >= 4 is 51.4 Å². The molecule has 4 aromatic rings. The molecule has 0 aliphatic heterocycles. The molecule has 12 heteroatoms. The first-order chi connectivity index (χ1) is 23.3. The Bertz CT molecular complexity index is 1840. The molecule has 0 spiro atoms. The van der Waals surface area contributed by atoms with Crippen LogP contribution in [0.25, 0.3) is 16.8 Å². The second-order valence-electron chi connectivity index (χ2n) is 11.0. The number of aliphatic hydroxyl groups is 2. The second-order valence-corrected chi connectivity index (χ2v) is 11.0. The summed E-state index contributed by atoms with van der Waals surface area (Å²) >= 11 is 0. The van der Waals surface area contributed by atoms with Gasteiger partial charge in [0, 0.05) is 56.2 Å². The summed E-state index contributed by atoms with van der Waals surface area (Å²) in [5.41, 5.74) is 2.01. The molecule has 0 saturated heterocycles. The summed E-state index contributed by atoms with van der Waals surface area (Å²) in [6.07, 6.45) is 3.03. The first-order valence-electron chi connectivity index (χ1n) is 15.5. The van der Waals surface area contributed by atoms with E-state index in [1.165, 1.54) is 18.2 Å². The number of phenols is 2. The smallest absolute Gasteiger partial charge is 0.233 e. The topological polar surface area (TPSA) is 197 Å². The molecule has 0 radical (unpaired) electrons. The van der Waals surface area contributed by atoms with E-state index in [-0.39, 0.29) is 47.0 Å². The van der Waals surface area contributed by atoms with Crippen molar-refractivity contribution < 1.29 is 39.6 Å². The monoisotopic (exact) mass is 652 g/mol. The Hall–Kier alpha value is -5.40. The summed E-state index contributed by atoms with van der Waals surface area (Å²) in [6, 6.07) is 17.3. The van der Waals surface area contributed by atoms with Crippen LogP contribution in [-0.4, -0.2) is 96.0 Å². The molecule has 2 aliphatic carbocycles. The van der Waals surface area contributed by atoms with E-state index in [0.717, 1.165) is 16.3 Å². The van der Waals surface area contributed by atoms with Gasteiger partial charge in [-0.3, -0.25) is 19.2 Å². The summed E-state index contributed by atoms with van der Waals surface area (Å²) in [7, 11) is 0. The normalized spacial score (nSPS) is 13.0. The second kappa shape index (κ2) is 15.5. The standard InChI is InChI=1S/C22H28N4O6.C14H8O2/c27-11-9-23-5-7-25-13-1-2-14(26-8-6-24-10-12-28)18-17(13)21(31)19-15(29)3-4-16(30)20(19)22(18)32;15-13-6-5-11-7-9-3-1-2-4-10(9)8-12(11)14(13)16/h1-4,23-30H,5-12H2;1-8H. The lowest BCUT2D eigenvalue weighted by molar-refractivity contribution is -0.110. The molecule has 0 aromatic heterocycles. The highest BCUT2D eigenvalue weighted by molar-refractivity contribution is 6.50. The summed E-state index contributed by atoms with van der Waals surface area (Å²) < 4.78 is 0. The van der Waals surface area contributed by atoms with Crippen molar-refractivity contribution in [1.82, 2.24) is 10.6 Å². The van der Waals surface area contributed by atoms with Gasteiger partial charge in [-0.25, -0.2) is 0 Å². The van der Waals surface area contributed by atoms with E-state index in [1.54, 1.807) is 24.3 Å². The van der Waals surface area contributed by atoms with E-state index in [4.69, 9.17) is 10.2 Å². The Balaban J connectivity index is 0.000000233. The quantitative estimate of drug-likeness (QED) is 0.0558. The number of benzene rings is 4. The highest BCUT2D eigenvalue weighted by Crippen LogP contribution is 2.42. The van der Waals surface area contributed by atoms with Gasteiger partial charge in [0.05, 0.1) is 35.5 Å². The summed E-state index contributed by atoms with van der Waals surface area (Å²) in [6.45, 7) is 2.81. The van der Waals surface area contributed by atoms with Gasteiger partial charge in [0.25, 0.3) is 0 Å². The third-order valence-corrected chi connectivity index (χ3v) is 7.89. The maximum atomic E-state index is 13.4. The fourth-order valence-corrected chi connectivity index (χ4v) is 5.60. The maximum absolute atomic E-state index is 13.4. The number of carbonyl (C=O) groups is 4. The van der Waals surface area contributed by atoms with Gasteiger partial charge < -0.3 is 41.7 Å². The first kappa shape index (κ1) is 33.9. The number of aliphatic hydroxyl groups excluding tert-OH is 2. The molecule has 6 rings (SSSR count). The van der Waals surface area contributed by atoms with E-state index >= 15 is 0 Å². The Morgan fingerprint density at radius 3 is 1.52 bits per heavy atom. The number of ketones is 4. The molecule has 0 saturated carbocycles. The van der Waals surface area contributed by atoms with Crippen molar-refractivity contribution in [2.45, 2.75) is 0 Å². The van der Waals surface area contributed by atoms with Crippen molar-refractivity contribution in [3.05, 3.63) is 100 Å². The molecule has 8 N–H and O–H groups in total. The van der Waals surface area contributed by atoms with Gasteiger partial charge in [-0.15, -0.1) is 0 Å². The van der Waals surface area contributed by atoms with Crippen LogP contribution in [0.1, 0.15) is 47.8 Å². The lowest BCUT2D eigenvalue weighted by atomic mass is 9.81. The fourth-order valence-electron chi connectivity index (χ4n) is 5.60. The van der Waals surface area contributed by atoms with Gasteiger partial charge in [0.1, 0.15) is 11.5 Å². The maximum Gasteiger partial charge on any atom is 0.233 e. The Kier molecular flexibility index (Phi) is 10.9. The molecule has 4 aromatic carbocycles. The van der Waals surface area contributed by atoms with Crippen LogP contribution in [0.4, 0.5) is 11.4 Å². The first-order valence-corrected chi connectivity index (χ1v) is 15.5. The highest BCUT2D eigenvalue weighted by atomic mass is 16.3. The van der Waals surface area contributed by atoms with Crippen molar-refractivity contribution in [1.29, 1.82) is 0 Å². The zero-order valence-corrected chi connectivity index (χ0v) is 26.0. The van der Waals surface area contributed by atoms with Crippen LogP contribution in [0.5, 0.6) is 11.5 Å². The number of hydrogen-bond donors (Lipinski definition) is 8. The SMILES string of the molecule is O=C1C=Cc2cc3ccccc3cc2C1=O.O=C1c2c(O)ccc(O)c2C(=O)c2c(NCCNCCO)ccc(NCCNCCO)c21. The molecule has 0 atom stereocenters. The molecule has 0 unspecified atom stereocenters. The van der Waals surface area contributed by atoms with Crippen molar-refractivity contribution in [3.63, 3.8) is 0 Å². The van der Waals surface area contributed by atoms with Crippen LogP contribution < -0.4 is 21.3 Å². The largest absolute Gasteiger partial charge is 0.507 e. The molecule has 0 bridgehead atoms. The number of fused-ring (bicyclic) bond motifs is 4. The number of Topliss-reactive ketones (excluding diaryl/α,β-unsaturated/α-hetero) is 1. The zero-order valence-electron chi connectivity index (χ0n) is 26.0. The summed E-state index contributed by atoms with van der Waals surface area (Å²) in [4.78, 5) is 49.7. The average Bonchev–Trinajstić information content (AvgIpc) is 3.09. The third-order valence-electron chi connectivity index (χ3n) is 7.89. The zero-order chi connectivity index (χ0) is 34.2. The van der Waals surface area contributed by atoms with Crippen LogP contribution >= 0.6 is 0 Å². The van der Waals surface area contributed by atoms with Gasteiger partial charge >= 0.3 is 0 Å². The Morgan fingerprint density at radius 1 is 0.521 bits per heavy atom. The number of nitrogens with one attached hydrogen (secondary N) is 4. The molecule has 2 aliphatic rings. The van der Waals surface area contributed by atoms with Crippen LogP contribution in [0.3, 0.4) is 0 Å². The predicted octanol–water partition coefficient (Wildman–Crippen LogP) is 2.48. The van der Waals surface area contributed by atoms with Crippen molar-refractivity contribution in [2.24, 2.45) is 0 Å². The molecular weight excluding hydrogens is 616 g/mol. The lowest BCUT2D eigenvalue weighted by Crippen LogP contribution is -2.28. The third kappa shape index (κ3) is 7.11. The molecule has 0 fully saturated rings. The Morgan fingerprint density at radius 2 is 1.02 bits per heavy atom. The van der Waals surface area contributed by atoms with Crippen LogP contribution in [0, 0.1) is 0 Å². The molecule has 0 heterocycles. The molecule has 48 heavy (non-hydrogen) atoms. The fraction of sp³-hybridized carbons (Fsp3) is 0.222. The molecule has 12 nitrogen and oxygen atoms in total. The van der Waals surface area contributed by atoms with Crippen LogP contribution in [-0.2, 0) is 4.79 Å². The van der Waals surface area contributed by atoms with Crippen molar-refractivity contribution in [2.75, 3.05) is 63.1 Å². The van der Waals surface area contributed by atoms with Gasteiger partial charge in [-0.05, 0) is 58.8 Å². The minimum Gasteiger partial charge on any atom is -0.507 e. The van der Waals surface area contributed by atoms with E-state index in [1.807, 2.05) is 30.3 Å². The van der Waals surface area contributed by atoms with E-state index in [0.29, 0.717) is 56.2 Å². The number of carbonyl (C=O) groups excluding carboxylic acids is 4. The van der Waals surface area contributed by atoms with E-state index < -0.39 is 23.1 Å². The lowest BCUT2D eigenvalue weighted by Gasteiger charge is -2.25. The van der Waals surface area contributed by atoms with Crippen LogP contribution in [0.2, 0.25) is 0 Å². The number of phenolic OH excluding ortho intramolecular Hbond substituents is 2. The van der Waals surface area contributed by atoms with Gasteiger partial charge in [0.15, 0.2) is 0 Å². The average molecular weight is 653 g/mol. The van der Waals surface area contributed by atoms with Gasteiger partial charge in [-0.1, -0.05) is 30.3 Å². The van der Waals surface area contributed by atoms with Crippen LogP contribution in [0.15, 0.2) is 66.7 Å². The molecule has 0 amide bonds. The number of hydrogen-bond acceptors (Lipinski definition) is 12.